The Labute approximate surface area is 99.4 Å². The van der Waals surface area contributed by atoms with E-state index in [1.54, 1.807) is 0 Å². The molecule has 1 aromatic heterocycles. The second-order valence-electron chi connectivity index (χ2n) is 4.50. The predicted octanol–water partition coefficient (Wildman–Crippen LogP) is 3.23. The van der Waals surface area contributed by atoms with Crippen LogP contribution in [-0.4, -0.2) is 20.8 Å². The van der Waals surface area contributed by atoms with Crippen LogP contribution in [0.1, 0.15) is 44.9 Å². The molecule has 0 amide bonds. The lowest BCUT2D eigenvalue weighted by atomic mass is 9.78. The van der Waals surface area contributed by atoms with Crippen LogP contribution in [0, 0.1) is 0 Å². The average molecular weight is 246 g/mol. The molecule has 0 saturated heterocycles. The van der Waals surface area contributed by atoms with E-state index in [4.69, 9.17) is 11.6 Å². The molecule has 0 aliphatic heterocycles. The summed E-state index contributed by atoms with van der Waals surface area (Å²) < 4.78 is 4.32. The normalized spacial score (nSPS) is 18.9. The zero-order valence-electron chi connectivity index (χ0n) is 9.09. The third-order valence-corrected chi connectivity index (χ3v) is 4.05. The van der Waals surface area contributed by atoms with Crippen LogP contribution >= 0.6 is 23.1 Å². The van der Waals surface area contributed by atoms with Gasteiger partial charge < -0.3 is 5.32 Å². The van der Waals surface area contributed by atoms with E-state index in [0.717, 1.165) is 23.8 Å². The molecule has 1 saturated carbocycles. The number of hydrogen-bond acceptors (Lipinski definition) is 4. The molecule has 0 aromatic carbocycles. The standard InChI is InChI=1S/C10H16ClN3S/c1-7(2)8-12-9(15-14-8)13-10(6-11)4-3-5-10/h7H,3-6H2,1-2H3,(H,12,13,14). The number of aromatic nitrogens is 2. The molecule has 15 heavy (non-hydrogen) atoms. The van der Waals surface area contributed by atoms with Gasteiger partial charge in [0.15, 0.2) is 0 Å². The molecule has 1 fully saturated rings. The number of rotatable bonds is 4. The third kappa shape index (κ3) is 2.26. The van der Waals surface area contributed by atoms with Gasteiger partial charge in [0.2, 0.25) is 5.13 Å². The Morgan fingerprint density at radius 3 is 2.67 bits per heavy atom. The highest BCUT2D eigenvalue weighted by atomic mass is 35.5. The van der Waals surface area contributed by atoms with Gasteiger partial charge in [-0.3, -0.25) is 0 Å². The van der Waals surface area contributed by atoms with Crippen molar-refractivity contribution in [3.05, 3.63) is 5.82 Å². The van der Waals surface area contributed by atoms with Crippen molar-refractivity contribution in [1.29, 1.82) is 0 Å². The van der Waals surface area contributed by atoms with E-state index in [2.05, 4.69) is 28.5 Å². The first-order chi connectivity index (χ1) is 7.15. The Balaban J connectivity index is 2.04. The molecule has 0 bridgehead atoms. The summed E-state index contributed by atoms with van der Waals surface area (Å²) in [6.07, 6.45) is 3.55. The summed E-state index contributed by atoms with van der Waals surface area (Å²) in [6.45, 7) is 4.21. The summed E-state index contributed by atoms with van der Waals surface area (Å²) in [5, 5.41) is 4.35. The van der Waals surface area contributed by atoms with Crippen molar-refractivity contribution in [2.45, 2.75) is 44.6 Å². The minimum Gasteiger partial charge on any atom is -0.354 e. The van der Waals surface area contributed by atoms with Gasteiger partial charge in [0, 0.05) is 23.3 Å². The highest BCUT2D eigenvalue weighted by molar-refractivity contribution is 7.09. The largest absolute Gasteiger partial charge is 0.354 e. The van der Waals surface area contributed by atoms with Gasteiger partial charge in [-0.2, -0.15) is 4.37 Å². The summed E-state index contributed by atoms with van der Waals surface area (Å²) in [4.78, 5) is 4.46. The molecule has 1 aliphatic rings. The molecule has 1 heterocycles. The lowest BCUT2D eigenvalue weighted by Crippen LogP contribution is -2.46. The number of nitrogens with zero attached hydrogens (tertiary/aromatic N) is 2. The maximum Gasteiger partial charge on any atom is 0.203 e. The molecule has 1 aromatic rings. The SMILES string of the molecule is CC(C)c1nsc(NC2(CCl)CCC2)n1. The van der Waals surface area contributed by atoms with Gasteiger partial charge in [-0.15, -0.1) is 11.6 Å². The second kappa shape index (κ2) is 4.26. The topological polar surface area (TPSA) is 37.8 Å². The molecule has 84 valence electrons. The third-order valence-electron chi connectivity index (χ3n) is 2.90. The fourth-order valence-corrected chi connectivity index (χ4v) is 2.80. The van der Waals surface area contributed by atoms with Gasteiger partial charge in [-0.05, 0) is 19.3 Å². The van der Waals surface area contributed by atoms with Gasteiger partial charge in [-0.1, -0.05) is 13.8 Å². The molecule has 1 N–H and O–H groups in total. The van der Waals surface area contributed by atoms with Crippen LogP contribution in [0.15, 0.2) is 0 Å². The highest BCUT2D eigenvalue weighted by Crippen LogP contribution is 2.36. The predicted molar refractivity (Wildman–Crippen MR) is 64.9 cm³/mol. The van der Waals surface area contributed by atoms with Crippen LogP contribution in [0.25, 0.3) is 0 Å². The maximum absolute atomic E-state index is 5.97. The number of hydrogen-bond donors (Lipinski definition) is 1. The first-order valence-electron chi connectivity index (χ1n) is 5.33. The van der Waals surface area contributed by atoms with Crippen LogP contribution in [0.3, 0.4) is 0 Å². The van der Waals surface area contributed by atoms with Crippen molar-refractivity contribution in [3.63, 3.8) is 0 Å². The quantitative estimate of drug-likeness (QED) is 0.828. The Morgan fingerprint density at radius 1 is 1.53 bits per heavy atom. The van der Waals surface area contributed by atoms with E-state index in [0.29, 0.717) is 11.8 Å². The molecule has 0 spiro atoms. The van der Waals surface area contributed by atoms with Crippen molar-refractivity contribution >= 4 is 28.3 Å². The molecule has 0 unspecified atom stereocenters. The molecule has 0 atom stereocenters. The van der Waals surface area contributed by atoms with Crippen molar-refractivity contribution < 1.29 is 0 Å². The van der Waals surface area contributed by atoms with E-state index in [1.807, 2.05) is 0 Å². The van der Waals surface area contributed by atoms with Crippen LogP contribution in [0.4, 0.5) is 5.13 Å². The smallest absolute Gasteiger partial charge is 0.203 e. The van der Waals surface area contributed by atoms with Crippen molar-refractivity contribution in [1.82, 2.24) is 9.36 Å². The van der Waals surface area contributed by atoms with Crippen LogP contribution in [0.5, 0.6) is 0 Å². The Bertz CT molecular complexity index is 328. The van der Waals surface area contributed by atoms with E-state index in [-0.39, 0.29) is 5.54 Å². The van der Waals surface area contributed by atoms with Crippen molar-refractivity contribution in [2.75, 3.05) is 11.2 Å². The summed E-state index contributed by atoms with van der Waals surface area (Å²) in [7, 11) is 0. The summed E-state index contributed by atoms with van der Waals surface area (Å²) in [6, 6.07) is 0. The van der Waals surface area contributed by atoms with E-state index in [1.165, 1.54) is 18.0 Å². The van der Waals surface area contributed by atoms with E-state index < -0.39 is 0 Å². The number of nitrogens with one attached hydrogen (secondary N) is 1. The average Bonchev–Trinajstić information content (AvgIpc) is 2.59. The van der Waals surface area contributed by atoms with Gasteiger partial charge in [0.05, 0.1) is 5.54 Å². The summed E-state index contributed by atoms with van der Waals surface area (Å²) in [5.74, 6) is 1.97. The summed E-state index contributed by atoms with van der Waals surface area (Å²) in [5.41, 5.74) is 0.0926. The molecule has 1 aliphatic carbocycles. The molecular formula is C10H16ClN3S. The maximum atomic E-state index is 5.97. The van der Waals surface area contributed by atoms with Crippen LogP contribution in [-0.2, 0) is 0 Å². The lowest BCUT2D eigenvalue weighted by molar-refractivity contribution is 0.311. The number of alkyl halides is 1. The van der Waals surface area contributed by atoms with Crippen LogP contribution < -0.4 is 5.32 Å². The number of halogens is 1. The van der Waals surface area contributed by atoms with Crippen molar-refractivity contribution in [2.24, 2.45) is 0 Å². The zero-order chi connectivity index (χ0) is 10.9. The second-order valence-corrected chi connectivity index (χ2v) is 5.52. The zero-order valence-corrected chi connectivity index (χ0v) is 10.7. The van der Waals surface area contributed by atoms with Gasteiger partial charge in [0.25, 0.3) is 0 Å². The van der Waals surface area contributed by atoms with Crippen molar-refractivity contribution in [3.8, 4) is 0 Å². The van der Waals surface area contributed by atoms with Crippen LogP contribution in [0.2, 0.25) is 0 Å². The molecule has 3 nitrogen and oxygen atoms in total. The summed E-state index contributed by atoms with van der Waals surface area (Å²) >= 11 is 7.41. The monoisotopic (exact) mass is 245 g/mol. The minimum absolute atomic E-state index is 0.0926. The fourth-order valence-electron chi connectivity index (χ4n) is 1.64. The Hall–Kier alpha value is -0.350. The number of anilines is 1. The molecular weight excluding hydrogens is 230 g/mol. The van der Waals surface area contributed by atoms with Gasteiger partial charge >= 0.3 is 0 Å². The first kappa shape index (κ1) is 11.1. The lowest BCUT2D eigenvalue weighted by Gasteiger charge is -2.40. The molecule has 0 radical (unpaired) electrons. The molecule has 5 heteroatoms. The minimum atomic E-state index is 0.0926. The molecule has 2 rings (SSSR count). The fraction of sp³-hybridized carbons (Fsp3) is 0.800. The highest BCUT2D eigenvalue weighted by Gasteiger charge is 2.36. The van der Waals surface area contributed by atoms with Gasteiger partial charge in [0.1, 0.15) is 5.82 Å². The first-order valence-corrected chi connectivity index (χ1v) is 6.64. The van der Waals surface area contributed by atoms with E-state index >= 15 is 0 Å². The van der Waals surface area contributed by atoms with E-state index in [9.17, 15) is 0 Å². The Morgan fingerprint density at radius 2 is 2.27 bits per heavy atom. The van der Waals surface area contributed by atoms with Gasteiger partial charge in [-0.25, -0.2) is 4.98 Å². The Kier molecular flexibility index (Phi) is 3.16.